The highest BCUT2D eigenvalue weighted by atomic mass is 16.3. The maximum absolute atomic E-state index is 12.1. The number of hydrogen-bond acceptors (Lipinski definition) is 3. The Kier molecular flexibility index (Phi) is 6.32. The van der Waals surface area contributed by atoms with Crippen LogP contribution in [0.4, 0.5) is 4.79 Å². The first-order chi connectivity index (χ1) is 12.1. The van der Waals surface area contributed by atoms with Gasteiger partial charge < -0.3 is 15.7 Å². The average molecular weight is 345 g/mol. The highest BCUT2D eigenvalue weighted by Crippen LogP contribution is 2.24. The van der Waals surface area contributed by atoms with Gasteiger partial charge in [-0.1, -0.05) is 36.2 Å². The third-order valence-corrected chi connectivity index (χ3v) is 5.56. The molecular weight excluding hydrogens is 314 g/mol. The van der Waals surface area contributed by atoms with Crippen LogP contribution in [0.15, 0.2) is 24.3 Å². The van der Waals surface area contributed by atoms with E-state index in [1.54, 1.807) is 0 Å². The Morgan fingerprint density at radius 2 is 2.04 bits per heavy atom. The van der Waals surface area contributed by atoms with E-state index in [9.17, 15) is 9.90 Å². The van der Waals surface area contributed by atoms with Crippen LogP contribution in [-0.4, -0.2) is 47.8 Å². The lowest BCUT2D eigenvalue weighted by Crippen LogP contribution is -2.48. The fourth-order valence-corrected chi connectivity index (χ4v) is 4.02. The van der Waals surface area contributed by atoms with E-state index in [0.29, 0.717) is 6.54 Å². The van der Waals surface area contributed by atoms with Gasteiger partial charge in [0.05, 0.1) is 6.10 Å². The molecule has 5 nitrogen and oxygen atoms in total. The molecule has 5 heteroatoms. The first kappa shape index (κ1) is 18.2. The van der Waals surface area contributed by atoms with Gasteiger partial charge in [-0.15, -0.1) is 0 Å². The average Bonchev–Trinajstić information content (AvgIpc) is 3.00. The molecule has 0 unspecified atom stereocenters. The number of amides is 2. The van der Waals surface area contributed by atoms with Crippen molar-refractivity contribution in [3.8, 4) is 0 Å². The first-order valence-corrected chi connectivity index (χ1v) is 9.60. The van der Waals surface area contributed by atoms with Crippen molar-refractivity contribution in [1.29, 1.82) is 0 Å². The molecule has 1 aromatic carbocycles. The van der Waals surface area contributed by atoms with Gasteiger partial charge >= 0.3 is 6.03 Å². The molecule has 138 valence electrons. The summed E-state index contributed by atoms with van der Waals surface area (Å²) in [7, 11) is 0. The minimum atomic E-state index is -0.245. The van der Waals surface area contributed by atoms with Gasteiger partial charge in [-0.3, -0.25) is 4.90 Å². The van der Waals surface area contributed by atoms with Crippen LogP contribution in [0.25, 0.3) is 0 Å². The molecule has 1 aliphatic heterocycles. The van der Waals surface area contributed by atoms with Crippen molar-refractivity contribution in [2.75, 3.05) is 19.6 Å². The number of urea groups is 1. The molecule has 1 aromatic rings. The molecule has 0 spiro atoms. The Morgan fingerprint density at radius 1 is 1.24 bits per heavy atom. The lowest BCUT2D eigenvalue weighted by molar-refractivity contribution is 0.132. The summed E-state index contributed by atoms with van der Waals surface area (Å²) in [5.41, 5.74) is 2.66. The summed E-state index contributed by atoms with van der Waals surface area (Å²) >= 11 is 0. The second-order valence-electron chi connectivity index (χ2n) is 7.65. The number of aliphatic hydroxyl groups excluding tert-OH is 1. The van der Waals surface area contributed by atoms with Crippen molar-refractivity contribution in [2.45, 2.75) is 57.7 Å². The fraction of sp³-hybridized carbons (Fsp3) is 0.650. The van der Waals surface area contributed by atoms with Gasteiger partial charge in [-0.05, 0) is 38.2 Å². The molecule has 2 amide bonds. The number of aryl methyl sites for hydroxylation is 1. The van der Waals surface area contributed by atoms with Gasteiger partial charge in [-0.2, -0.15) is 0 Å². The third-order valence-electron chi connectivity index (χ3n) is 5.56. The number of carbonyl (C=O) groups is 1. The molecule has 2 fully saturated rings. The summed E-state index contributed by atoms with van der Waals surface area (Å²) in [4.78, 5) is 14.5. The molecule has 25 heavy (non-hydrogen) atoms. The number of hydrogen-bond donors (Lipinski definition) is 3. The van der Waals surface area contributed by atoms with E-state index in [1.165, 1.54) is 11.1 Å². The van der Waals surface area contributed by atoms with E-state index < -0.39 is 0 Å². The zero-order valence-electron chi connectivity index (χ0n) is 15.2. The number of carbonyl (C=O) groups excluding carboxylic acids is 1. The molecule has 0 aromatic heterocycles. The van der Waals surface area contributed by atoms with E-state index in [-0.39, 0.29) is 24.1 Å². The Hall–Kier alpha value is -1.59. The molecule has 1 saturated heterocycles. The number of nitrogens with zero attached hydrogens (tertiary/aromatic N) is 1. The van der Waals surface area contributed by atoms with Crippen molar-refractivity contribution >= 4 is 6.03 Å². The van der Waals surface area contributed by atoms with Gasteiger partial charge in [0.2, 0.25) is 0 Å². The van der Waals surface area contributed by atoms with E-state index in [1.807, 2.05) is 0 Å². The van der Waals surface area contributed by atoms with E-state index >= 15 is 0 Å². The van der Waals surface area contributed by atoms with Gasteiger partial charge in [0.25, 0.3) is 0 Å². The molecule has 0 radical (unpaired) electrons. The smallest absolute Gasteiger partial charge is 0.315 e. The van der Waals surface area contributed by atoms with Gasteiger partial charge in [0.1, 0.15) is 0 Å². The van der Waals surface area contributed by atoms with Gasteiger partial charge in [-0.25, -0.2) is 4.79 Å². The van der Waals surface area contributed by atoms with Gasteiger partial charge in [0, 0.05) is 38.1 Å². The van der Waals surface area contributed by atoms with Crippen LogP contribution >= 0.6 is 0 Å². The second kappa shape index (κ2) is 8.68. The standard InChI is InChI=1S/C20H31N3O2/c1-15-4-2-5-16(12-15)14-23-10-8-18(9-11-23)22-20(25)21-13-17-6-3-7-19(17)24/h2,4-5,12,17-19,24H,3,6-11,13-14H2,1H3,(H2,21,22,25)/t17-,19-/m0/s1. The summed E-state index contributed by atoms with van der Waals surface area (Å²) in [5.74, 6) is 0.224. The lowest BCUT2D eigenvalue weighted by atomic mass is 10.0. The van der Waals surface area contributed by atoms with Crippen LogP contribution in [0, 0.1) is 12.8 Å². The second-order valence-corrected chi connectivity index (χ2v) is 7.65. The number of likely N-dealkylation sites (tertiary alicyclic amines) is 1. The van der Waals surface area contributed by atoms with Crippen LogP contribution < -0.4 is 10.6 Å². The fourth-order valence-electron chi connectivity index (χ4n) is 4.02. The van der Waals surface area contributed by atoms with Crippen molar-refractivity contribution in [1.82, 2.24) is 15.5 Å². The van der Waals surface area contributed by atoms with Crippen LogP contribution in [0.5, 0.6) is 0 Å². The van der Waals surface area contributed by atoms with E-state index in [0.717, 1.165) is 51.7 Å². The summed E-state index contributed by atoms with van der Waals surface area (Å²) in [6.07, 6.45) is 4.68. The Bertz CT molecular complexity index is 570. The minimum Gasteiger partial charge on any atom is -0.393 e. The maximum Gasteiger partial charge on any atom is 0.315 e. The molecular formula is C20H31N3O2. The number of aliphatic hydroxyl groups is 1. The maximum atomic E-state index is 12.1. The molecule has 1 heterocycles. The van der Waals surface area contributed by atoms with Crippen LogP contribution in [0.2, 0.25) is 0 Å². The topological polar surface area (TPSA) is 64.6 Å². The Morgan fingerprint density at radius 3 is 2.72 bits per heavy atom. The van der Waals surface area contributed by atoms with Gasteiger partial charge in [0.15, 0.2) is 0 Å². The molecule has 2 aliphatic rings. The van der Waals surface area contributed by atoms with E-state index in [2.05, 4.69) is 46.7 Å². The summed E-state index contributed by atoms with van der Waals surface area (Å²) < 4.78 is 0. The first-order valence-electron chi connectivity index (χ1n) is 9.60. The highest BCUT2D eigenvalue weighted by molar-refractivity contribution is 5.74. The number of piperidine rings is 1. The van der Waals surface area contributed by atoms with Crippen molar-refractivity contribution in [2.24, 2.45) is 5.92 Å². The predicted octanol–water partition coefficient (Wildman–Crippen LogP) is 2.42. The van der Waals surface area contributed by atoms with Crippen molar-refractivity contribution in [3.05, 3.63) is 35.4 Å². The molecule has 1 aliphatic carbocycles. The minimum absolute atomic E-state index is 0.0868. The predicted molar refractivity (Wildman–Crippen MR) is 99.4 cm³/mol. The monoisotopic (exact) mass is 345 g/mol. The number of benzene rings is 1. The Labute approximate surface area is 150 Å². The summed E-state index contributed by atoms with van der Waals surface area (Å²) in [6, 6.07) is 8.84. The quantitative estimate of drug-likeness (QED) is 0.768. The van der Waals surface area contributed by atoms with Crippen LogP contribution in [-0.2, 0) is 6.54 Å². The zero-order valence-corrected chi connectivity index (χ0v) is 15.2. The lowest BCUT2D eigenvalue weighted by Gasteiger charge is -2.32. The molecule has 0 bridgehead atoms. The highest BCUT2D eigenvalue weighted by Gasteiger charge is 2.26. The van der Waals surface area contributed by atoms with E-state index in [4.69, 9.17) is 0 Å². The normalized spacial score (nSPS) is 25.0. The molecule has 1 saturated carbocycles. The molecule has 2 atom stereocenters. The largest absolute Gasteiger partial charge is 0.393 e. The summed E-state index contributed by atoms with van der Waals surface area (Å²) in [6.45, 7) is 5.72. The zero-order chi connectivity index (χ0) is 17.6. The van der Waals surface area contributed by atoms with Crippen molar-refractivity contribution in [3.63, 3.8) is 0 Å². The number of nitrogens with one attached hydrogen (secondary N) is 2. The number of rotatable bonds is 5. The van der Waals surface area contributed by atoms with Crippen LogP contribution in [0.1, 0.15) is 43.2 Å². The Balaban J connectivity index is 1.35. The molecule has 3 N–H and O–H groups in total. The third kappa shape index (κ3) is 5.44. The molecule has 3 rings (SSSR count). The SMILES string of the molecule is Cc1cccc(CN2CCC(NC(=O)NC[C@@H]3CCC[C@@H]3O)CC2)c1. The van der Waals surface area contributed by atoms with Crippen molar-refractivity contribution < 1.29 is 9.90 Å². The summed E-state index contributed by atoms with van der Waals surface area (Å²) in [5, 5.41) is 15.8. The van der Waals surface area contributed by atoms with Crippen LogP contribution in [0.3, 0.4) is 0 Å².